The van der Waals surface area contributed by atoms with Crippen molar-refractivity contribution >= 4 is 39.8 Å². The minimum atomic E-state index is -0.538. The number of benzene rings is 1. The molecule has 0 bridgehead atoms. The van der Waals surface area contributed by atoms with E-state index in [0.717, 1.165) is 25.2 Å². The molecule has 0 aliphatic rings. The zero-order chi connectivity index (χ0) is 21.4. The number of anilines is 1. The van der Waals surface area contributed by atoms with Gasteiger partial charge in [0.25, 0.3) is 0 Å². The monoisotopic (exact) mass is 419 g/mol. The summed E-state index contributed by atoms with van der Waals surface area (Å²) in [7, 11) is 4.28. The lowest BCUT2D eigenvalue weighted by atomic mass is 10.2. The van der Waals surface area contributed by atoms with Gasteiger partial charge >= 0.3 is 17.1 Å². The fourth-order valence-electron chi connectivity index (χ4n) is 2.84. The standard InChI is InChI=1S/C20H27N4O4S/c1-6-12-24(7-2)15-10-8-14(9-11-15)21-22-20-23(3)18(19(26)28-5)16(29-20)13-17(25)27-4/h8-11H,6-7,12-13H2,1-5H3/q+1. The summed E-state index contributed by atoms with van der Waals surface area (Å²) < 4.78 is 11.1. The fraction of sp³-hybridized carbons (Fsp3) is 0.450. The first-order valence-corrected chi connectivity index (χ1v) is 10.2. The van der Waals surface area contributed by atoms with Crippen molar-refractivity contribution < 1.29 is 23.6 Å². The lowest BCUT2D eigenvalue weighted by Gasteiger charge is -2.22. The molecule has 0 saturated heterocycles. The average Bonchev–Trinajstić information content (AvgIpc) is 3.05. The summed E-state index contributed by atoms with van der Waals surface area (Å²) in [4.78, 5) is 26.6. The van der Waals surface area contributed by atoms with E-state index in [1.165, 1.54) is 25.6 Å². The van der Waals surface area contributed by atoms with Crippen LogP contribution in [0.4, 0.5) is 16.5 Å². The summed E-state index contributed by atoms with van der Waals surface area (Å²) in [5.74, 6) is -0.979. The van der Waals surface area contributed by atoms with Gasteiger partial charge in [0.2, 0.25) is 5.69 Å². The van der Waals surface area contributed by atoms with Crippen LogP contribution in [0.15, 0.2) is 34.5 Å². The van der Waals surface area contributed by atoms with E-state index in [1.54, 1.807) is 11.6 Å². The first-order chi connectivity index (χ1) is 13.9. The Bertz CT molecular complexity index is 877. The third-order valence-electron chi connectivity index (χ3n) is 4.35. The van der Waals surface area contributed by atoms with Gasteiger partial charge in [-0.3, -0.25) is 4.79 Å². The Morgan fingerprint density at radius 3 is 2.34 bits per heavy atom. The predicted molar refractivity (Wildman–Crippen MR) is 111 cm³/mol. The van der Waals surface area contributed by atoms with Crippen LogP contribution in [0.3, 0.4) is 0 Å². The van der Waals surface area contributed by atoms with Gasteiger partial charge in [-0.05, 0) is 54.1 Å². The van der Waals surface area contributed by atoms with Crippen LogP contribution < -0.4 is 9.47 Å². The number of rotatable bonds is 9. The molecular formula is C20H27N4O4S+. The SMILES string of the molecule is CCCN(CC)c1ccc(N=Nc2sc(CC(=O)OC)c(C(=O)OC)[n+]2C)cc1. The topological polar surface area (TPSA) is 84.4 Å². The number of carbonyl (C=O) groups excluding carboxylic acids is 2. The van der Waals surface area contributed by atoms with Crippen molar-refractivity contribution in [3.63, 3.8) is 0 Å². The first-order valence-electron chi connectivity index (χ1n) is 9.38. The average molecular weight is 420 g/mol. The Morgan fingerprint density at radius 1 is 1.10 bits per heavy atom. The van der Waals surface area contributed by atoms with Crippen LogP contribution in [0.25, 0.3) is 0 Å². The molecule has 2 rings (SSSR count). The summed E-state index contributed by atoms with van der Waals surface area (Å²) in [6, 6.07) is 7.84. The van der Waals surface area contributed by atoms with Crippen LogP contribution in [0.5, 0.6) is 0 Å². The molecule has 9 heteroatoms. The summed E-state index contributed by atoms with van der Waals surface area (Å²) in [5, 5.41) is 9.03. The van der Waals surface area contributed by atoms with Gasteiger partial charge in [-0.25, -0.2) is 9.36 Å². The molecule has 2 aromatic rings. The van der Waals surface area contributed by atoms with Gasteiger partial charge < -0.3 is 14.4 Å². The number of thiazole rings is 1. The number of carbonyl (C=O) groups is 2. The minimum absolute atomic E-state index is 0.0338. The molecular weight excluding hydrogens is 392 g/mol. The van der Waals surface area contributed by atoms with Gasteiger partial charge in [-0.2, -0.15) is 0 Å². The molecule has 1 aromatic carbocycles. The highest BCUT2D eigenvalue weighted by molar-refractivity contribution is 7.15. The van der Waals surface area contributed by atoms with Crippen molar-refractivity contribution in [3.8, 4) is 0 Å². The van der Waals surface area contributed by atoms with Gasteiger partial charge in [0.05, 0.1) is 37.7 Å². The molecule has 0 radical (unpaired) electrons. The van der Waals surface area contributed by atoms with E-state index in [9.17, 15) is 9.59 Å². The lowest BCUT2D eigenvalue weighted by molar-refractivity contribution is -0.657. The largest absolute Gasteiger partial charge is 0.469 e. The summed E-state index contributed by atoms with van der Waals surface area (Å²) in [6.07, 6.45) is 1.05. The quantitative estimate of drug-likeness (QED) is 0.351. The lowest BCUT2D eigenvalue weighted by Crippen LogP contribution is -2.35. The second kappa shape index (κ2) is 10.7. The molecule has 1 aromatic heterocycles. The van der Waals surface area contributed by atoms with Gasteiger partial charge in [-0.1, -0.05) is 6.92 Å². The van der Waals surface area contributed by atoms with Gasteiger partial charge in [0.15, 0.2) is 0 Å². The first kappa shape index (κ1) is 22.5. The number of hydrogen-bond donors (Lipinski definition) is 0. The highest BCUT2D eigenvalue weighted by Crippen LogP contribution is 2.27. The third kappa shape index (κ3) is 5.60. The van der Waals surface area contributed by atoms with E-state index in [1.807, 2.05) is 24.3 Å². The van der Waals surface area contributed by atoms with Crippen LogP contribution in [-0.2, 0) is 27.7 Å². The van der Waals surface area contributed by atoms with E-state index in [4.69, 9.17) is 9.47 Å². The molecule has 1 heterocycles. The van der Waals surface area contributed by atoms with E-state index < -0.39 is 11.9 Å². The van der Waals surface area contributed by atoms with Crippen molar-refractivity contribution in [2.45, 2.75) is 26.7 Å². The van der Waals surface area contributed by atoms with E-state index in [2.05, 4.69) is 29.0 Å². The second-order valence-electron chi connectivity index (χ2n) is 6.26. The Kier molecular flexibility index (Phi) is 8.26. The van der Waals surface area contributed by atoms with E-state index >= 15 is 0 Å². The van der Waals surface area contributed by atoms with Crippen LogP contribution in [0.1, 0.15) is 35.6 Å². The number of ether oxygens (including phenoxy) is 2. The molecule has 0 spiro atoms. The number of methoxy groups -OCH3 is 2. The van der Waals surface area contributed by atoms with Gasteiger partial charge in [0.1, 0.15) is 5.69 Å². The van der Waals surface area contributed by atoms with Crippen molar-refractivity contribution in [1.82, 2.24) is 0 Å². The number of azo groups is 1. The molecule has 29 heavy (non-hydrogen) atoms. The maximum atomic E-state index is 12.1. The zero-order valence-corrected chi connectivity index (χ0v) is 18.3. The Morgan fingerprint density at radius 2 is 1.79 bits per heavy atom. The maximum absolute atomic E-state index is 12.1. The van der Waals surface area contributed by atoms with E-state index in [0.29, 0.717) is 15.7 Å². The predicted octanol–water partition coefficient (Wildman–Crippen LogP) is 3.73. The number of esters is 2. The molecule has 0 aliphatic carbocycles. The molecule has 8 nitrogen and oxygen atoms in total. The Labute approximate surface area is 174 Å². The van der Waals surface area contributed by atoms with Crippen LogP contribution in [-0.4, -0.2) is 39.2 Å². The molecule has 0 N–H and O–H groups in total. The summed E-state index contributed by atoms with van der Waals surface area (Å²) >= 11 is 1.20. The van der Waals surface area contributed by atoms with Crippen LogP contribution in [0.2, 0.25) is 0 Å². The van der Waals surface area contributed by atoms with Gasteiger partial charge in [-0.15, -0.1) is 0 Å². The molecule has 0 unspecified atom stereocenters. The number of hydrogen-bond acceptors (Lipinski definition) is 8. The number of aromatic nitrogens is 1. The number of nitrogens with zero attached hydrogens (tertiary/aromatic N) is 4. The maximum Gasteiger partial charge on any atom is 0.409 e. The molecule has 0 aliphatic heterocycles. The fourth-order valence-corrected chi connectivity index (χ4v) is 3.88. The molecule has 156 valence electrons. The highest BCUT2D eigenvalue weighted by Gasteiger charge is 2.29. The van der Waals surface area contributed by atoms with E-state index in [-0.39, 0.29) is 12.1 Å². The molecule has 0 fully saturated rings. The molecule has 0 atom stereocenters. The van der Waals surface area contributed by atoms with Crippen LogP contribution in [0, 0.1) is 0 Å². The summed E-state index contributed by atoms with van der Waals surface area (Å²) in [5.41, 5.74) is 2.11. The van der Waals surface area contributed by atoms with Crippen molar-refractivity contribution in [2.24, 2.45) is 17.3 Å². The highest BCUT2D eigenvalue weighted by atomic mass is 32.1. The third-order valence-corrected chi connectivity index (χ3v) is 5.48. The minimum Gasteiger partial charge on any atom is -0.469 e. The molecule has 0 saturated carbocycles. The zero-order valence-electron chi connectivity index (χ0n) is 17.5. The van der Waals surface area contributed by atoms with Crippen molar-refractivity contribution in [3.05, 3.63) is 34.8 Å². The van der Waals surface area contributed by atoms with Crippen molar-refractivity contribution in [1.29, 1.82) is 0 Å². The summed E-state index contributed by atoms with van der Waals surface area (Å²) in [6.45, 7) is 6.23. The Hall–Kier alpha value is -2.81. The van der Waals surface area contributed by atoms with Crippen molar-refractivity contribution in [2.75, 3.05) is 32.2 Å². The van der Waals surface area contributed by atoms with Gasteiger partial charge in [0, 0.05) is 18.8 Å². The second-order valence-corrected chi connectivity index (χ2v) is 7.32. The Balaban J connectivity index is 2.27. The normalized spacial score (nSPS) is 10.9. The van der Waals surface area contributed by atoms with Crippen LogP contribution >= 0.6 is 11.3 Å². The smallest absolute Gasteiger partial charge is 0.409 e. The molecule has 0 amide bonds.